The van der Waals surface area contributed by atoms with E-state index in [0.29, 0.717) is 17.6 Å². The first-order valence-corrected chi connectivity index (χ1v) is 5.31. The molecule has 0 saturated heterocycles. The van der Waals surface area contributed by atoms with Gasteiger partial charge in [-0.25, -0.2) is 0 Å². The van der Waals surface area contributed by atoms with E-state index in [4.69, 9.17) is 0 Å². The van der Waals surface area contributed by atoms with E-state index >= 15 is 0 Å². The summed E-state index contributed by atoms with van der Waals surface area (Å²) in [5.74, 6) is 1.61. The van der Waals surface area contributed by atoms with Gasteiger partial charge in [0, 0.05) is 5.41 Å². The predicted octanol–water partition coefficient (Wildman–Crippen LogP) is 3.61. The van der Waals surface area contributed by atoms with Crippen LogP contribution in [-0.2, 0) is 0 Å². The minimum absolute atomic E-state index is 0.103. The summed E-state index contributed by atoms with van der Waals surface area (Å²) in [7, 11) is 0. The summed E-state index contributed by atoms with van der Waals surface area (Å²) in [6.07, 6.45) is 9.46. The minimum Gasteiger partial charge on any atom is -0.512 e. The fourth-order valence-corrected chi connectivity index (χ4v) is 2.82. The SMILES string of the molecule is CC1CC=CC2=CC=C(O)C(C)(C)C21. The Morgan fingerprint density at radius 2 is 2.07 bits per heavy atom. The Balaban J connectivity index is 2.47. The van der Waals surface area contributed by atoms with Crippen LogP contribution in [0, 0.1) is 17.3 Å². The molecule has 0 aliphatic heterocycles. The number of hydrogen-bond acceptors (Lipinski definition) is 1. The molecule has 0 bridgehead atoms. The van der Waals surface area contributed by atoms with Crippen LogP contribution in [0.2, 0.25) is 0 Å². The first-order valence-electron chi connectivity index (χ1n) is 5.31. The van der Waals surface area contributed by atoms with Gasteiger partial charge in [-0.1, -0.05) is 39.0 Å². The van der Waals surface area contributed by atoms with Crippen LogP contribution in [0.1, 0.15) is 27.2 Å². The van der Waals surface area contributed by atoms with Crippen molar-refractivity contribution in [3.63, 3.8) is 0 Å². The van der Waals surface area contributed by atoms with Gasteiger partial charge in [-0.05, 0) is 29.9 Å². The lowest BCUT2D eigenvalue weighted by Gasteiger charge is -2.42. The minimum atomic E-state index is -0.103. The van der Waals surface area contributed by atoms with Gasteiger partial charge in [0.05, 0.1) is 5.76 Å². The van der Waals surface area contributed by atoms with Crippen LogP contribution in [0.5, 0.6) is 0 Å². The van der Waals surface area contributed by atoms with E-state index in [9.17, 15) is 5.11 Å². The van der Waals surface area contributed by atoms with E-state index in [-0.39, 0.29) is 5.41 Å². The Morgan fingerprint density at radius 1 is 1.36 bits per heavy atom. The van der Waals surface area contributed by atoms with Gasteiger partial charge in [0.1, 0.15) is 0 Å². The highest BCUT2D eigenvalue weighted by molar-refractivity contribution is 5.38. The molecule has 14 heavy (non-hydrogen) atoms. The second-order valence-corrected chi connectivity index (χ2v) is 5.03. The number of aliphatic hydroxyl groups excluding tert-OH is 1. The molecule has 0 aromatic carbocycles. The summed E-state index contributed by atoms with van der Waals surface area (Å²) in [4.78, 5) is 0. The summed E-state index contributed by atoms with van der Waals surface area (Å²) >= 11 is 0. The van der Waals surface area contributed by atoms with Crippen molar-refractivity contribution in [1.82, 2.24) is 0 Å². The van der Waals surface area contributed by atoms with E-state index in [1.54, 1.807) is 0 Å². The molecule has 2 aliphatic rings. The molecule has 0 fully saturated rings. The van der Waals surface area contributed by atoms with Crippen molar-refractivity contribution in [1.29, 1.82) is 0 Å². The van der Waals surface area contributed by atoms with Crippen LogP contribution < -0.4 is 0 Å². The van der Waals surface area contributed by atoms with Gasteiger partial charge in [-0.3, -0.25) is 0 Å². The quantitative estimate of drug-likeness (QED) is 0.618. The fraction of sp³-hybridized carbons (Fsp3) is 0.538. The average Bonchev–Trinajstić information content (AvgIpc) is 2.11. The van der Waals surface area contributed by atoms with Crippen molar-refractivity contribution in [2.24, 2.45) is 17.3 Å². The van der Waals surface area contributed by atoms with E-state index in [1.807, 2.05) is 6.08 Å². The number of hydrogen-bond donors (Lipinski definition) is 1. The molecule has 1 N–H and O–H groups in total. The zero-order valence-corrected chi connectivity index (χ0v) is 9.12. The number of rotatable bonds is 0. The molecular formula is C13H18O. The third-order valence-corrected chi connectivity index (χ3v) is 3.62. The molecule has 0 amide bonds. The fourth-order valence-electron chi connectivity index (χ4n) is 2.82. The average molecular weight is 190 g/mol. The topological polar surface area (TPSA) is 20.2 Å². The Hall–Kier alpha value is -0.980. The molecule has 0 aromatic rings. The third-order valence-electron chi connectivity index (χ3n) is 3.62. The molecular weight excluding hydrogens is 172 g/mol. The Morgan fingerprint density at radius 3 is 2.79 bits per heavy atom. The van der Waals surface area contributed by atoms with Crippen LogP contribution in [0.25, 0.3) is 0 Å². The van der Waals surface area contributed by atoms with Crippen LogP contribution in [0.4, 0.5) is 0 Å². The predicted molar refractivity (Wildman–Crippen MR) is 59.0 cm³/mol. The highest BCUT2D eigenvalue weighted by atomic mass is 16.3. The summed E-state index contributed by atoms with van der Waals surface area (Å²) < 4.78 is 0. The molecule has 0 aromatic heterocycles. The van der Waals surface area contributed by atoms with Crippen molar-refractivity contribution in [3.05, 3.63) is 35.6 Å². The summed E-state index contributed by atoms with van der Waals surface area (Å²) in [5.41, 5.74) is 1.26. The highest BCUT2D eigenvalue weighted by Crippen LogP contribution is 2.48. The molecule has 1 heteroatoms. The molecule has 2 aliphatic carbocycles. The Labute approximate surface area is 85.8 Å². The first kappa shape index (κ1) is 9.57. The van der Waals surface area contributed by atoms with E-state index < -0.39 is 0 Å². The van der Waals surface area contributed by atoms with Crippen molar-refractivity contribution < 1.29 is 5.11 Å². The number of fused-ring (bicyclic) bond motifs is 1. The van der Waals surface area contributed by atoms with Crippen molar-refractivity contribution in [2.45, 2.75) is 27.2 Å². The lowest BCUT2D eigenvalue weighted by atomic mass is 9.63. The lowest BCUT2D eigenvalue weighted by molar-refractivity contribution is 0.149. The molecule has 1 nitrogen and oxygen atoms in total. The molecule has 2 unspecified atom stereocenters. The van der Waals surface area contributed by atoms with Crippen LogP contribution in [-0.4, -0.2) is 5.11 Å². The second kappa shape index (κ2) is 3.01. The largest absolute Gasteiger partial charge is 0.512 e. The van der Waals surface area contributed by atoms with Crippen LogP contribution in [0.3, 0.4) is 0 Å². The molecule has 76 valence electrons. The number of allylic oxidation sites excluding steroid dienone is 6. The smallest absolute Gasteiger partial charge is 0.0984 e. The van der Waals surface area contributed by atoms with E-state index in [0.717, 1.165) is 6.42 Å². The molecule has 2 atom stereocenters. The molecule has 0 radical (unpaired) electrons. The summed E-state index contributed by atoms with van der Waals surface area (Å²) in [6.45, 7) is 6.53. The van der Waals surface area contributed by atoms with Crippen molar-refractivity contribution in [2.75, 3.05) is 0 Å². The van der Waals surface area contributed by atoms with Gasteiger partial charge in [-0.15, -0.1) is 0 Å². The molecule has 0 saturated carbocycles. The monoisotopic (exact) mass is 190 g/mol. The van der Waals surface area contributed by atoms with Crippen LogP contribution >= 0.6 is 0 Å². The molecule has 2 rings (SSSR count). The zero-order valence-electron chi connectivity index (χ0n) is 9.12. The van der Waals surface area contributed by atoms with Crippen molar-refractivity contribution in [3.8, 4) is 0 Å². The summed E-state index contributed by atoms with van der Waals surface area (Å²) in [6, 6.07) is 0. The van der Waals surface area contributed by atoms with Crippen LogP contribution in [0.15, 0.2) is 35.6 Å². The third kappa shape index (κ3) is 1.23. The van der Waals surface area contributed by atoms with Gasteiger partial charge in [-0.2, -0.15) is 0 Å². The van der Waals surface area contributed by atoms with Gasteiger partial charge in [0.2, 0.25) is 0 Å². The van der Waals surface area contributed by atoms with Gasteiger partial charge < -0.3 is 5.11 Å². The summed E-state index contributed by atoms with van der Waals surface area (Å²) in [5, 5.41) is 9.89. The van der Waals surface area contributed by atoms with Crippen molar-refractivity contribution >= 4 is 0 Å². The molecule has 0 heterocycles. The van der Waals surface area contributed by atoms with Gasteiger partial charge >= 0.3 is 0 Å². The first-order chi connectivity index (χ1) is 6.53. The maximum absolute atomic E-state index is 9.89. The maximum Gasteiger partial charge on any atom is 0.0984 e. The lowest BCUT2D eigenvalue weighted by Crippen LogP contribution is -2.35. The highest BCUT2D eigenvalue weighted by Gasteiger charge is 2.40. The van der Waals surface area contributed by atoms with Gasteiger partial charge in [0.15, 0.2) is 0 Å². The standard InChI is InChI=1S/C13H18O/c1-9-5-4-6-10-7-8-11(14)13(2,3)12(9)10/h4,6-9,12,14H,5H2,1-3H3. The normalized spacial score (nSPS) is 34.5. The second-order valence-electron chi connectivity index (χ2n) is 5.03. The van der Waals surface area contributed by atoms with Gasteiger partial charge in [0.25, 0.3) is 0 Å². The zero-order chi connectivity index (χ0) is 10.3. The van der Waals surface area contributed by atoms with E-state index in [1.165, 1.54) is 5.57 Å². The van der Waals surface area contributed by atoms with E-state index in [2.05, 4.69) is 39.0 Å². The molecule has 0 spiro atoms. The Bertz CT molecular complexity index is 331. The number of aliphatic hydroxyl groups is 1. The Kier molecular flexibility index (Phi) is 2.06. The maximum atomic E-state index is 9.89.